The highest BCUT2D eigenvalue weighted by molar-refractivity contribution is 6.36. The van der Waals surface area contributed by atoms with Crippen LogP contribution in [0.5, 0.6) is 5.75 Å². The van der Waals surface area contributed by atoms with E-state index in [1.165, 1.54) is 31.4 Å². The third kappa shape index (κ3) is 4.09. The zero-order valence-electron chi connectivity index (χ0n) is 17.5. The number of halogens is 2. The van der Waals surface area contributed by atoms with Crippen LogP contribution in [0.25, 0.3) is 5.57 Å². The number of anilines is 1. The fraction of sp³-hybridized carbons (Fsp3) is 0.120. The van der Waals surface area contributed by atoms with Crippen molar-refractivity contribution in [3.8, 4) is 5.75 Å². The molecule has 0 saturated heterocycles. The van der Waals surface area contributed by atoms with Crippen molar-refractivity contribution in [3.05, 3.63) is 100.0 Å². The quantitative estimate of drug-likeness (QED) is 0.525. The molecule has 0 radical (unpaired) electrons. The Balaban J connectivity index is 1.79. The summed E-state index contributed by atoms with van der Waals surface area (Å²) in [7, 11) is 1.52. The third-order valence-electron chi connectivity index (χ3n) is 5.20. The van der Waals surface area contributed by atoms with Crippen LogP contribution in [0.3, 0.4) is 0 Å². The van der Waals surface area contributed by atoms with E-state index in [-0.39, 0.29) is 17.8 Å². The van der Waals surface area contributed by atoms with Gasteiger partial charge in [-0.1, -0.05) is 48.0 Å². The van der Waals surface area contributed by atoms with E-state index in [9.17, 15) is 14.0 Å². The molecule has 0 fully saturated rings. The van der Waals surface area contributed by atoms with Crippen LogP contribution in [0, 0.1) is 12.7 Å². The van der Waals surface area contributed by atoms with E-state index < -0.39 is 17.6 Å². The van der Waals surface area contributed by atoms with Crippen molar-refractivity contribution < 1.29 is 18.7 Å². The van der Waals surface area contributed by atoms with Crippen molar-refractivity contribution >= 4 is 34.7 Å². The number of ether oxygens (including phenoxy) is 1. The Labute approximate surface area is 190 Å². The summed E-state index contributed by atoms with van der Waals surface area (Å²) in [5, 5.41) is 3.55. The lowest BCUT2D eigenvalue weighted by Crippen LogP contribution is -2.32. The van der Waals surface area contributed by atoms with Gasteiger partial charge in [0.2, 0.25) is 0 Å². The summed E-state index contributed by atoms with van der Waals surface area (Å²) in [6.45, 7) is 1.92. The molecular formula is C25H20ClFN2O3. The van der Waals surface area contributed by atoms with Gasteiger partial charge in [0.05, 0.1) is 24.9 Å². The average molecular weight is 451 g/mol. The van der Waals surface area contributed by atoms with Gasteiger partial charge in [0.25, 0.3) is 11.8 Å². The molecule has 0 saturated carbocycles. The van der Waals surface area contributed by atoms with Crippen LogP contribution < -0.4 is 10.1 Å². The van der Waals surface area contributed by atoms with Crippen molar-refractivity contribution in [2.45, 2.75) is 13.5 Å². The number of carbonyl (C=O) groups is 2. The van der Waals surface area contributed by atoms with Gasteiger partial charge in [-0.05, 0) is 53.9 Å². The van der Waals surface area contributed by atoms with Crippen molar-refractivity contribution in [2.75, 3.05) is 12.4 Å². The number of hydrogen-bond acceptors (Lipinski definition) is 4. The molecule has 0 spiro atoms. The predicted molar refractivity (Wildman–Crippen MR) is 122 cm³/mol. The third-order valence-corrected chi connectivity index (χ3v) is 5.57. The molecule has 0 aliphatic carbocycles. The monoisotopic (exact) mass is 450 g/mol. The van der Waals surface area contributed by atoms with Crippen molar-refractivity contribution in [3.63, 3.8) is 0 Å². The van der Waals surface area contributed by atoms with Gasteiger partial charge in [-0.25, -0.2) is 4.39 Å². The molecule has 32 heavy (non-hydrogen) atoms. The Kier molecular flexibility index (Phi) is 5.97. The molecule has 1 N–H and O–H groups in total. The summed E-state index contributed by atoms with van der Waals surface area (Å²) < 4.78 is 18.9. The molecule has 1 heterocycles. The normalized spacial score (nSPS) is 13.7. The van der Waals surface area contributed by atoms with E-state index in [1.807, 2.05) is 19.1 Å². The van der Waals surface area contributed by atoms with Crippen molar-refractivity contribution in [1.82, 2.24) is 4.90 Å². The molecule has 4 rings (SSSR count). The number of nitrogens with zero attached hydrogens (tertiary/aromatic N) is 1. The SMILES string of the molecule is COc1ccc(C)cc1NC1=C(c2ccc(F)cc2)C(=O)N(Cc2ccccc2Cl)C1=O. The summed E-state index contributed by atoms with van der Waals surface area (Å²) >= 11 is 6.26. The molecule has 162 valence electrons. The maximum Gasteiger partial charge on any atom is 0.278 e. The molecular weight excluding hydrogens is 431 g/mol. The smallest absolute Gasteiger partial charge is 0.278 e. The van der Waals surface area contributed by atoms with Crippen LogP contribution in [0.1, 0.15) is 16.7 Å². The van der Waals surface area contributed by atoms with Gasteiger partial charge in [-0.2, -0.15) is 0 Å². The van der Waals surface area contributed by atoms with Gasteiger partial charge in [-0.3, -0.25) is 14.5 Å². The predicted octanol–water partition coefficient (Wildman–Crippen LogP) is 5.19. The number of hydrogen-bond donors (Lipinski definition) is 1. The lowest BCUT2D eigenvalue weighted by molar-refractivity contribution is -0.137. The topological polar surface area (TPSA) is 58.6 Å². The highest BCUT2D eigenvalue weighted by atomic mass is 35.5. The average Bonchev–Trinajstić information content (AvgIpc) is 3.00. The van der Waals surface area contributed by atoms with Crippen molar-refractivity contribution in [2.24, 2.45) is 0 Å². The Morgan fingerprint density at radius 1 is 1.00 bits per heavy atom. The number of rotatable bonds is 6. The number of methoxy groups -OCH3 is 1. The van der Waals surface area contributed by atoms with E-state index in [1.54, 1.807) is 30.3 Å². The molecule has 3 aromatic rings. The van der Waals surface area contributed by atoms with Gasteiger partial charge >= 0.3 is 0 Å². The summed E-state index contributed by atoms with van der Waals surface area (Å²) in [6, 6.07) is 18.0. The van der Waals surface area contributed by atoms with Crippen LogP contribution in [0.15, 0.2) is 72.4 Å². The Morgan fingerprint density at radius 3 is 2.41 bits per heavy atom. The van der Waals surface area contributed by atoms with Crippen LogP contribution in [0.4, 0.5) is 10.1 Å². The van der Waals surface area contributed by atoms with Crippen molar-refractivity contribution in [1.29, 1.82) is 0 Å². The first-order valence-electron chi connectivity index (χ1n) is 9.90. The first-order chi connectivity index (χ1) is 15.4. The van der Waals surface area contributed by atoms with E-state index >= 15 is 0 Å². The standard InChI is InChI=1S/C25H20ClFN2O3/c1-15-7-12-21(32-2)20(13-15)28-23-22(16-8-10-18(27)11-9-16)24(30)29(25(23)31)14-17-5-3-4-6-19(17)26/h3-13,28H,14H2,1-2H3. The maximum atomic E-state index is 13.5. The Hall–Kier alpha value is -3.64. The largest absolute Gasteiger partial charge is 0.495 e. The molecule has 0 unspecified atom stereocenters. The molecule has 0 aromatic heterocycles. The number of carbonyl (C=O) groups excluding carboxylic acids is 2. The Morgan fingerprint density at radius 2 is 1.72 bits per heavy atom. The van der Waals surface area contributed by atoms with Gasteiger partial charge in [0, 0.05) is 5.02 Å². The van der Waals surface area contributed by atoms with Gasteiger partial charge in [0.15, 0.2) is 0 Å². The van der Waals surface area contributed by atoms with Gasteiger partial charge in [-0.15, -0.1) is 0 Å². The summed E-state index contributed by atoms with van der Waals surface area (Å²) in [5.74, 6) is -0.909. The lowest BCUT2D eigenvalue weighted by Gasteiger charge is -2.17. The maximum absolute atomic E-state index is 13.5. The highest BCUT2D eigenvalue weighted by Gasteiger charge is 2.39. The molecule has 0 bridgehead atoms. The second-order valence-electron chi connectivity index (χ2n) is 7.37. The number of imide groups is 1. The van der Waals surface area contributed by atoms with E-state index in [4.69, 9.17) is 16.3 Å². The molecule has 1 aliphatic heterocycles. The van der Waals surface area contributed by atoms with Gasteiger partial charge in [0.1, 0.15) is 17.3 Å². The molecule has 2 amide bonds. The first-order valence-corrected chi connectivity index (χ1v) is 10.3. The minimum absolute atomic E-state index is 0.0121. The lowest BCUT2D eigenvalue weighted by atomic mass is 10.0. The molecule has 3 aromatic carbocycles. The fourth-order valence-corrected chi connectivity index (χ4v) is 3.77. The number of aryl methyl sites for hydroxylation is 1. The zero-order chi connectivity index (χ0) is 22.8. The summed E-state index contributed by atoms with van der Waals surface area (Å²) in [5.41, 5.74) is 2.82. The minimum atomic E-state index is -0.502. The van der Waals surface area contributed by atoms with Crippen LogP contribution >= 0.6 is 11.6 Å². The van der Waals surface area contributed by atoms with E-state index in [0.717, 1.165) is 10.5 Å². The van der Waals surface area contributed by atoms with E-state index in [2.05, 4.69) is 5.32 Å². The highest BCUT2D eigenvalue weighted by Crippen LogP contribution is 2.35. The number of benzene rings is 3. The van der Waals surface area contributed by atoms with E-state index in [0.29, 0.717) is 27.6 Å². The Bertz CT molecular complexity index is 1240. The van der Waals surface area contributed by atoms with Crippen LogP contribution in [0.2, 0.25) is 5.02 Å². The molecule has 7 heteroatoms. The van der Waals surface area contributed by atoms with Crippen LogP contribution in [-0.4, -0.2) is 23.8 Å². The molecule has 0 atom stereocenters. The number of nitrogens with one attached hydrogen (secondary N) is 1. The second-order valence-corrected chi connectivity index (χ2v) is 7.78. The fourth-order valence-electron chi connectivity index (χ4n) is 3.57. The second kappa shape index (κ2) is 8.85. The zero-order valence-corrected chi connectivity index (χ0v) is 18.2. The summed E-state index contributed by atoms with van der Waals surface area (Å²) in [6.07, 6.45) is 0. The number of amides is 2. The minimum Gasteiger partial charge on any atom is -0.495 e. The molecule has 1 aliphatic rings. The molecule has 5 nitrogen and oxygen atoms in total. The van der Waals surface area contributed by atoms with Gasteiger partial charge < -0.3 is 10.1 Å². The van der Waals surface area contributed by atoms with Crippen LogP contribution in [-0.2, 0) is 16.1 Å². The summed E-state index contributed by atoms with van der Waals surface area (Å²) in [4.78, 5) is 27.9. The first kappa shape index (κ1) is 21.6.